The van der Waals surface area contributed by atoms with Gasteiger partial charge in [0.05, 0.1) is 41.3 Å². The van der Waals surface area contributed by atoms with Crippen LogP contribution in [0, 0.1) is 22.7 Å². The summed E-state index contributed by atoms with van der Waals surface area (Å²) in [7, 11) is 3.39. The molecule has 0 spiro atoms. The molecule has 1 aliphatic heterocycles. The summed E-state index contributed by atoms with van der Waals surface area (Å²) in [6.45, 7) is 13.9. The molecule has 5 rings (SSSR count). The number of carbonyl (C=O) groups excluding carboxylic acids is 2. The molecular weight excluding hydrogens is 700 g/mol. The lowest BCUT2D eigenvalue weighted by Crippen LogP contribution is -2.54. The van der Waals surface area contributed by atoms with Gasteiger partial charge in [-0.05, 0) is 78.3 Å². The third-order valence-corrected chi connectivity index (χ3v) is 8.54. The average molecular weight is 743 g/mol. The summed E-state index contributed by atoms with van der Waals surface area (Å²) in [5, 5.41) is 24.7. The van der Waals surface area contributed by atoms with E-state index >= 15 is 0 Å². The number of hydrogen-bond donors (Lipinski definition) is 0. The number of fused-ring (bicyclic) bond motifs is 1. The van der Waals surface area contributed by atoms with Gasteiger partial charge in [0, 0.05) is 39.3 Å². The standard InChI is InChI=1S/C37H43ClN10O5/c1-23-21-45(34(49)52-36(2,3)4)14-15-46(23)28-16-25(18-39)17-29(30(28)38)47(35(50)53-37(5,6)7)32-42-31-26(19-40)20-41-48(31)33(43-32)44(8)22-24-10-12-27(51-9)13-11-24/h10-13,16-17,20,23H,14-15,21-22H2,1-9H3/t23-/m0/s1. The molecular formula is C37H43ClN10O5. The number of carbonyl (C=O) groups is 2. The van der Waals surface area contributed by atoms with Crippen LogP contribution in [0.4, 0.5) is 32.9 Å². The minimum atomic E-state index is -0.948. The molecule has 2 aromatic heterocycles. The van der Waals surface area contributed by atoms with Crippen molar-refractivity contribution in [2.24, 2.45) is 0 Å². The van der Waals surface area contributed by atoms with Crippen molar-refractivity contribution in [2.45, 2.75) is 72.3 Å². The summed E-state index contributed by atoms with van der Waals surface area (Å²) in [6.07, 6.45) is 0.0830. The predicted octanol–water partition coefficient (Wildman–Crippen LogP) is 6.68. The van der Waals surface area contributed by atoms with Crippen molar-refractivity contribution in [1.82, 2.24) is 24.5 Å². The number of halogens is 1. The Morgan fingerprint density at radius 2 is 1.68 bits per heavy atom. The van der Waals surface area contributed by atoms with Crippen LogP contribution < -0.4 is 19.4 Å². The molecule has 2 aromatic carbocycles. The van der Waals surface area contributed by atoms with Gasteiger partial charge in [-0.25, -0.2) is 14.5 Å². The molecule has 0 radical (unpaired) electrons. The quantitative estimate of drug-likeness (QED) is 0.197. The molecule has 1 aliphatic rings. The van der Waals surface area contributed by atoms with Gasteiger partial charge in [0.25, 0.3) is 0 Å². The monoisotopic (exact) mass is 742 g/mol. The highest BCUT2D eigenvalue weighted by Crippen LogP contribution is 2.41. The van der Waals surface area contributed by atoms with Gasteiger partial charge in [-0.15, -0.1) is 0 Å². The van der Waals surface area contributed by atoms with E-state index in [4.69, 9.17) is 30.8 Å². The van der Waals surface area contributed by atoms with Gasteiger partial charge in [0.2, 0.25) is 11.9 Å². The van der Waals surface area contributed by atoms with E-state index < -0.39 is 23.4 Å². The van der Waals surface area contributed by atoms with Gasteiger partial charge in [-0.1, -0.05) is 23.7 Å². The van der Waals surface area contributed by atoms with Gasteiger partial charge in [-0.3, -0.25) is 0 Å². The number of nitriles is 2. The number of piperazine rings is 1. The number of amides is 2. The number of anilines is 4. The van der Waals surface area contributed by atoms with E-state index in [-0.39, 0.29) is 45.4 Å². The van der Waals surface area contributed by atoms with Crippen LogP contribution in [0.3, 0.4) is 0 Å². The van der Waals surface area contributed by atoms with E-state index in [2.05, 4.69) is 22.2 Å². The van der Waals surface area contributed by atoms with Crippen molar-refractivity contribution >= 4 is 52.7 Å². The van der Waals surface area contributed by atoms with Crippen LogP contribution in [0.25, 0.3) is 5.65 Å². The Morgan fingerprint density at radius 1 is 1.00 bits per heavy atom. The van der Waals surface area contributed by atoms with Crippen LogP contribution in [0.1, 0.15) is 65.2 Å². The molecule has 0 aliphatic carbocycles. The topological polar surface area (TPSA) is 165 Å². The maximum absolute atomic E-state index is 14.3. The van der Waals surface area contributed by atoms with Crippen molar-refractivity contribution in [1.29, 1.82) is 10.5 Å². The fraction of sp³-hybridized carbons (Fsp3) is 0.432. The second-order valence-corrected chi connectivity index (χ2v) is 15.0. The van der Waals surface area contributed by atoms with Gasteiger partial charge in [-0.2, -0.15) is 30.1 Å². The van der Waals surface area contributed by atoms with Gasteiger partial charge >= 0.3 is 12.2 Å². The van der Waals surface area contributed by atoms with Crippen LogP contribution in [-0.2, 0) is 16.0 Å². The lowest BCUT2D eigenvalue weighted by atomic mass is 10.1. The van der Waals surface area contributed by atoms with Crippen molar-refractivity contribution in [3.05, 3.63) is 64.3 Å². The molecule has 15 nitrogen and oxygen atoms in total. The van der Waals surface area contributed by atoms with E-state index in [1.54, 1.807) is 50.8 Å². The maximum atomic E-state index is 14.3. The Bertz CT molecular complexity index is 2090. The first-order chi connectivity index (χ1) is 24.9. The fourth-order valence-corrected chi connectivity index (χ4v) is 6.09. The zero-order valence-corrected chi connectivity index (χ0v) is 32.1. The fourth-order valence-electron chi connectivity index (χ4n) is 5.79. The molecule has 1 atom stereocenters. The van der Waals surface area contributed by atoms with Crippen LogP contribution >= 0.6 is 11.6 Å². The smallest absolute Gasteiger partial charge is 0.421 e. The lowest BCUT2D eigenvalue weighted by Gasteiger charge is -2.42. The summed E-state index contributed by atoms with van der Waals surface area (Å²) < 4.78 is 18.2. The first-order valence-corrected chi connectivity index (χ1v) is 17.3. The number of benzene rings is 2. The largest absolute Gasteiger partial charge is 0.497 e. The minimum absolute atomic E-state index is 0.0860. The highest BCUT2D eigenvalue weighted by molar-refractivity contribution is 6.36. The highest BCUT2D eigenvalue weighted by atomic mass is 35.5. The van der Waals surface area contributed by atoms with Crippen LogP contribution in [-0.4, -0.2) is 87.7 Å². The molecule has 53 heavy (non-hydrogen) atoms. The number of methoxy groups -OCH3 is 1. The number of rotatable bonds is 7. The molecule has 4 aromatic rings. The predicted molar refractivity (Wildman–Crippen MR) is 200 cm³/mol. The molecule has 278 valence electrons. The first kappa shape index (κ1) is 38.4. The van der Waals surface area contributed by atoms with Crippen LogP contribution in [0.15, 0.2) is 42.6 Å². The summed E-state index contributed by atoms with van der Waals surface area (Å²) in [5.41, 5.74) is 0.365. The highest BCUT2D eigenvalue weighted by Gasteiger charge is 2.35. The van der Waals surface area contributed by atoms with Crippen molar-refractivity contribution in [3.63, 3.8) is 0 Å². The van der Waals surface area contributed by atoms with E-state index in [1.165, 1.54) is 16.8 Å². The number of aromatic nitrogens is 4. The van der Waals surface area contributed by atoms with Crippen molar-refractivity contribution in [2.75, 3.05) is 48.5 Å². The Balaban J connectivity index is 1.63. The van der Waals surface area contributed by atoms with E-state index in [0.29, 0.717) is 37.6 Å². The molecule has 3 heterocycles. The Morgan fingerprint density at radius 3 is 2.26 bits per heavy atom. The molecule has 2 amide bonds. The lowest BCUT2D eigenvalue weighted by molar-refractivity contribution is 0.0218. The third kappa shape index (κ3) is 8.64. The summed E-state index contributed by atoms with van der Waals surface area (Å²) in [4.78, 5) is 43.1. The zero-order valence-electron chi connectivity index (χ0n) is 31.3. The van der Waals surface area contributed by atoms with E-state index in [0.717, 1.165) is 10.5 Å². The Labute approximate surface area is 313 Å². The molecule has 16 heteroatoms. The SMILES string of the molecule is COc1ccc(CN(C)c2nc(N(C(=O)OC(C)(C)C)c3cc(C#N)cc(N4CCN(C(=O)OC(C)(C)C)C[C@@H]4C)c3Cl)nc3c(C#N)cnn23)cc1. The molecule has 1 fully saturated rings. The van der Waals surface area contributed by atoms with Gasteiger partial charge in [0.15, 0.2) is 5.65 Å². The van der Waals surface area contributed by atoms with Crippen molar-refractivity contribution in [3.8, 4) is 17.9 Å². The zero-order chi connectivity index (χ0) is 38.8. The second-order valence-electron chi connectivity index (χ2n) is 14.7. The number of hydrogen-bond acceptors (Lipinski definition) is 12. The third-order valence-electron chi connectivity index (χ3n) is 8.15. The number of nitrogens with zero attached hydrogens (tertiary/aromatic N) is 10. The van der Waals surface area contributed by atoms with Crippen molar-refractivity contribution < 1.29 is 23.8 Å². The molecule has 0 saturated carbocycles. The summed E-state index contributed by atoms with van der Waals surface area (Å²) >= 11 is 7.22. The van der Waals surface area contributed by atoms with Crippen LogP contribution in [0.5, 0.6) is 5.75 Å². The van der Waals surface area contributed by atoms with Gasteiger partial charge in [0.1, 0.15) is 28.6 Å². The van der Waals surface area contributed by atoms with Gasteiger partial charge < -0.3 is 28.9 Å². The minimum Gasteiger partial charge on any atom is -0.497 e. The molecule has 0 bridgehead atoms. The second kappa shape index (κ2) is 15.0. The van der Waals surface area contributed by atoms with E-state index in [1.807, 2.05) is 56.9 Å². The molecule has 1 saturated heterocycles. The molecule has 0 unspecified atom stereocenters. The number of ether oxygens (including phenoxy) is 3. The Hall–Kier alpha value is -5.80. The average Bonchev–Trinajstić information content (AvgIpc) is 3.50. The molecule has 0 N–H and O–H groups in total. The summed E-state index contributed by atoms with van der Waals surface area (Å²) in [6, 6.07) is 14.7. The normalized spacial score (nSPS) is 14.7. The summed E-state index contributed by atoms with van der Waals surface area (Å²) in [5.74, 6) is 0.804. The van der Waals surface area contributed by atoms with Crippen LogP contribution in [0.2, 0.25) is 5.02 Å². The Kier molecular flexibility index (Phi) is 10.9. The van der Waals surface area contributed by atoms with E-state index in [9.17, 15) is 20.1 Å². The first-order valence-electron chi connectivity index (χ1n) is 16.9. The maximum Gasteiger partial charge on any atom is 0.421 e.